The van der Waals surface area contributed by atoms with Crippen LogP contribution in [0.25, 0.3) is 0 Å². The van der Waals surface area contributed by atoms with Crippen molar-refractivity contribution in [3.63, 3.8) is 0 Å². The highest BCUT2D eigenvalue weighted by Crippen LogP contribution is 2.34. The second kappa shape index (κ2) is 8.82. The van der Waals surface area contributed by atoms with Gasteiger partial charge in [0.05, 0.1) is 30.8 Å². The Labute approximate surface area is 150 Å². The van der Waals surface area contributed by atoms with Gasteiger partial charge >= 0.3 is 5.97 Å². The summed E-state index contributed by atoms with van der Waals surface area (Å²) >= 11 is 0. The minimum Gasteiger partial charge on any atom is -0.493 e. The summed E-state index contributed by atoms with van der Waals surface area (Å²) < 4.78 is 15.3. The number of hydrogen-bond donors (Lipinski definition) is 1. The molecule has 0 bridgehead atoms. The molecule has 0 saturated carbocycles. The van der Waals surface area contributed by atoms with Gasteiger partial charge in [-0.3, -0.25) is 14.9 Å². The van der Waals surface area contributed by atoms with Crippen LogP contribution in [0.15, 0.2) is 42.5 Å². The van der Waals surface area contributed by atoms with Crippen molar-refractivity contribution in [2.75, 3.05) is 14.2 Å². The first-order valence-electron chi connectivity index (χ1n) is 7.81. The van der Waals surface area contributed by atoms with Crippen LogP contribution in [0.2, 0.25) is 0 Å². The maximum atomic E-state index is 12.1. The second-order valence-corrected chi connectivity index (χ2v) is 5.50. The minimum atomic E-state index is -0.864. The van der Waals surface area contributed by atoms with Crippen molar-refractivity contribution in [1.29, 1.82) is 0 Å². The Morgan fingerprint density at radius 1 is 1.15 bits per heavy atom. The lowest BCUT2D eigenvalue weighted by Crippen LogP contribution is -2.34. The average molecular weight is 360 g/mol. The van der Waals surface area contributed by atoms with Crippen LogP contribution >= 0.6 is 0 Å². The molecule has 0 aromatic heterocycles. The normalized spacial score (nSPS) is 11.5. The molecule has 0 aliphatic rings. The molecule has 2 aromatic rings. The monoisotopic (exact) mass is 360 g/mol. The van der Waals surface area contributed by atoms with Crippen molar-refractivity contribution in [2.45, 2.75) is 19.1 Å². The van der Waals surface area contributed by atoms with E-state index >= 15 is 0 Å². The molecule has 2 rings (SSSR count). The summed E-state index contributed by atoms with van der Waals surface area (Å²) in [5.74, 6) is -0.120. The fourth-order valence-electron chi connectivity index (χ4n) is 2.40. The van der Waals surface area contributed by atoms with E-state index in [1.165, 1.54) is 26.4 Å². The Morgan fingerprint density at radius 2 is 1.77 bits per heavy atom. The maximum Gasteiger partial charge on any atom is 0.323 e. The number of nitrogens with two attached hydrogens (primary N) is 1. The summed E-state index contributed by atoms with van der Waals surface area (Å²) in [6.45, 7) is -0.294. The van der Waals surface area contributed by atoms with Gasteiger partial charge in [-0.2, -0.15) is 0 Å². The van der Waals surface area contributed by atoms with E-state index in [2.05, 4.69) is 0 Å². The molecule has 2 aromatic carbocycles. The first kappa shape index (κ1) is 19.2. The molecule has 0 saturated heterocycles. The Kier molecular flexibility index (Phi) is 6.51. The summed E-state index contributed by atoms with van der Waals surface area (Å²) in [6, 6.07) is 11.0. The quantitative estimate of drug-likeness (QED) is 0.436. The molecule has 26 heavy (non-hydrogen) atoms. The van der Waals surface area contributed by atoms with Gasteiger partial charge in [-0.15, -0.1) is 0 Å². The van der Waals surface area contributed by atoms with Gasteiger partial charge < -0.3 is 19.9 Å². The predicted octanol–water partition coefficient (Wildman–Crippen LogP) is 2.23. The summed E-state index contributed by atoms with van der Waals surface area (Å²) in [7, 11) is 2.79. The van der Waals surface area contributed by atoms with Gasteiger partial charge in [0.15, 0.2) is 11.5 Å². The number of esters is 1. The van der Waals surface area contributed by atoms with Crippen LogP contribution in [0.4, 0.5) is 5.69 Å². The van der Waals surface area contributed by atoms with Gasteiger partial charge in [-0.25, -0.2) is 0 Å². The molecule has 0 heterocycles. The van der Waals surface area contributed by atoms with E-state index in [1.807, 2.05) is 30.3 Å². The molecular formula is C18H20N2O6. The van der Waals surface area contributed by atoms with Crippen molar-refractivity contribution in [2.24, 2.45) is 5.73 Å². The summed E-state index contributed by atoms with van der Waals surface area (Å²) in [5.41, 5.74) is 6.72. The number of ether oxygens (including phenoxy) is 3. The van der Waals surface area contributed by atoms with E-state index in [4.69, 9.17) is 19.9 Å². The molecule has 0 radical (unpaired) electrons. The third-order valence-electron chi connectivity index (χ3n) is 3.75. The molecule has 0 aliphatic carbocycles. The summed E-state index contributed by atoms with van der Waals surface area (Å²) in [5, 5.41) is 11.3. The molecule has 8 heteroatoms. The molecule has 0 amide bonds. The molecular weight excluding hydrogens is 340 g/mol. The highest BCUT2D eigenvalue weighted by Gasteiger charge is 2.22. The van der Waals surface area contributed by atoms with Crippen LogP contribution in [0.1, 0.15) is 11.1 Å². The number of nitrogens with zero attached hydrogens (tertiary/aromatic N) is 1. The zero-order valence-electron chi connectivity index (χ0n) is 14.5. The highest BCUT2D eigenvalue weighted by molar-refractivity contribution is 5.76. The van der Waals surface area contributed by atoms with E-state index in [9.17, 15) is 14.9 Å². The minimum absolute atomic E-state index is 0.188. The number of rotatable bonds is 8. The number of nitro benzene ring substituents is 1. The van der Waals surface area contributed by atoms with Gasteiger partial charge in [0.25, 0.3) is 5.69 Å². The topological polar surface area (TPSA) is 114 Å². The van der Waals surface area contributed by atoms with Crippen molar-refractivity contribution in [1.82, 2.24) is 0 Å². The van der Waals surface area contributed by atoms with Crippen molar-refractivity contribution in [3.8, 4) is 11.5 Å². The van der Waals surface area contributed by atoms with Gasteiger partial charge in [0, 0.05) is 0 Å². The van der Waals surface area contributed by atoms with Gasteiger partial charge in [0.2, 0.25) is 0 Å². The zero-order chi connectivity index (χ0) is 19.1. The lowest BCUT2D eigenvalue weighted by molar-refractivity contribution is -0.385. The lowest BCUT2D eigenvalue weighted by atomic mass is 10.1. The van der Waals surface area contributed by atoms with E-state index in [0.29, 0.717) is 12.2 Å². The maximum absolute atomic E-state index is 12.1. The second-order valence-electron chi connectivity index (χ2n) is 5.50. The number of carbonyl (C=O) groups is 1. The molecule has 0 aliphatic heterocycles. The standard InChI is InChI=1S/C18H20N2O6/c1-24-16-9-13(15(20(22)23)10-17(16)25-2)11-26-18(21)14(19)8-12-6-4-3-5-7-12/h3-7,9-10,14H,8,11,19H2,1-2H3. The Morgan fingerprint density at radius 3 is 2.35 bits per heavy atom. The summed E-state index contributed by atoms with van der Waals surface area (Å²) in [4.78, 5) is 22.8. The smallest absolute Gasteiger partial charge is 0.323 e. The van der Waals surface area contributed by atoms with E-state index < -0.39 is 16.9 Å². The van der Waals surface area contributed by atoms with Crippen molar-refractivity contribution < 1.29 is 23.9 Å². The summed E-state index contributed by atoms with van der Waals surface area (Å²) in [6.07, 6.45) is 0.313. The lowest BCUT2D eigenvalue weighted by Gasteiger charge is -2.13. The van der Waals surface area contributed by atoms with Gasteiger partial charge in [-0.1, -0.05) is 30.3 Å². The SMILES string of the molecule is COc1cc(COC(=O)C(N)Cc2ccccc2)c([N+](=O)[O-])cc1OC. The van der Waals surface area contributed by atoms with Crippen LogP contribution in [0.5, 0.6) is 11.5 Å². The molecule has 138 valence electrons. The molecule has 1 unspecified atom stereocenters. The van der Waals surface area contributed by atoms with Crippen molar-refractivity contribution in [3.05, 3.63) is 63.7 Å². The Bertz CT molecular complexity index is 779. The zero-order valence-corrected chi connectivity index (χ0v) is 14.5. The van der Waals surface area contributed by atoms with Gasteiger partial charge in [-0.05, 0) is 18.1 Å². The van der Waals surface area contributed by atoms with Crippen LogP contribution in [0.3, 0.4) is 0 Å². The van der Waals surface area contributed by atoms with Crippen LogP contribution in [-0.2, 0) is 22.6 Å². The van der Waals surface area contributed by atoms with Crippen LogP contribution in [0, 0.1) is 10.1 Å². The number of benzene rings is 2. The molecule has 0 spiro atoms. The first-order valence-corrected chi connectivity index (χ1v) is 7.81. The van der Waals surface area contributed by atoms with Crippen LogP contribution in [-0.4, -0.2) is 31.2 Å². The van der Waals surface area contributed by atoms with E-state index in [-0.39, 0.29) is 23.6 Å². The molecule has 0 fully saturated rings. The third kappa shape index (κ3) is 4.70. The number of carbonyl (C=O) groups excluding carboxylic acids is 1. The molecule has 8 nitrogen and oxygen atoms in total. The van der Waals surface area contributed by atoms with Gasteiger partial charge in [0.1, 0.15) is 12.6 Å². The number of nitro groups is 1. The number of methoxy groups -OCH3 is 2. The molecule has 1 atom stereocenters. The fraction of sp³-hybridized carbons (Fsp3) is 0.278. The predicted molar refractivity (Wildman–Crippen MR) is 94.1 cm³/mol. The first-order chi connectivity index (χ1) is 12.5. The number of hydrogen-bond acceptors (Lipinski definition) is 7. The molecule has 2 N–H and O–H groups in total. The van der Waals surface area contributed by atoms with Crippen molar-refractivity contribution >= 4 is 11.7 Å². The van der Waals surface area contributed by atoms with Crippen LogP contribution < -0.4 is 15.2 Å². The third-order valence-corrected chi connectivity index (χ3v) is 3.75. The Hall–Kier alpha value is -3.13. The Balaban J connectivity index is 2.10. The fourth-order valence-corrected chi connectivity index (χ4v) is 2.40. The van der Waals surface area contributed by atoms with E-state index in [1.54, 1.807) is 0 Å². The average Bonchev–Trinajstić information content (AvgIpc) is 2.65. The van der Waals surface area contributed by atoms with E-state index in [0.717, 1.165) is 5.56 Å². The highest BCUT2D eigenvalue weighted by atomic mass is 16.6. The largest absolute Gasteiger partial charge is 0.493 e.